The summed E-state index contributed by atoms with van der Waals surface area (Å²) in [6, 6.07) is 0. The Kier molecular flexibility index (Phi) is 13.4. The van der Waals surface area contributed by atoms with E-state index in [1.807, 2.05) is 0 Å². The van der Waals surface area contributed by atoms with E-state index in [0.717, 1.165) is 45.7 Å². The van der Waals surface area contributed by atoms with E-state index < -0.39 is 0 Å². The monoisotopic (exact) mass is 271 g/mol. The fourth-order valence-electron chi connectivity index (χ4n) is 1.99. The molecule has 0 saturated carbocycles. The minimum atomic E-state index is 0.196. The third kappa shape index (κ3) is 12.2. The Morgan fingerprint density at radius 1 is 0.947 bits per heavy atom. The molecule has 0 aliphatic carbocycles. The van der Waals surface area contributed by atoms with Gasteiger partial charge in [-0.15, -0.1) is 0 Å². The van der Waals surface area contributed by atoms with Crippen LogP contribution in [0.25, 0.3) is 0 Å². The molecule has 0 saturated heterocycles. The molecule has 0 atom stereocenters. The number of amides is 1. The molecular weight excluding hydrogens is 238 g/mol. The number of unbranched alkanes of at least 4 members (excludes halogenated alkanes) is 3. The van der Waals surface area contributed by atoms with Crippen LogP contribution in [0.3, 0.4) is 0 Å². The van der Waals surface area contributed by atoms with Gasteiger partial charge in [0.1, 0.15) is 0 Å². The number of hydrogen-bond acceptors (Lipinski definition) is 3. The average molecular weight is 271 g/mol. The molecule has 0 aromatic carbocycles. The van der Waals surface area contributed by atoms with Crippen molar-refractivity contribution in [3.63, 3.8) is 0 Å². The molecule has 0 aliphatic heterocycles. The van der Waals surface area contributed by atoms with Crippen molar-refractivity contribution in [1.82, 2.24) is 15.5 Å². The molecule has 4 nitrogen and oxygen atoms in total. The van der Waals surface area contributed by atoms with Gasteiger partial charge in [-0.2, -0.15) is 0 Å². The van der Waals surface area contributed by atoms with Gasteiger partial charge in [-0.1, -0.05) is 40.0 Å². The predicted molar refractivity (Wildman–Crippen MR) is 82.4 cm³/mol. The first kappa shape index (κ1) is 18.4. The molecule has 0 bridgehead atoms. The smallest absolute Gasteiger partial charge is 0.220 e. The second-order valence-electron chi connectivity index (χ2n) is 4.94. The SMILES string of the molecule is CCCCCCC(=O)NCCNCCN(CC)CC. The summed E-state index contributed by atoms with van der Waals surface area (Å²) in [5.74, 6) is 0.196. The zero-order valence-corrected chi connectivity index (χ0v) is 13.1. The molecule has 0 fully saturated rings. The molecule has 1 amide bonds. The van der Waals surface area contributed by atoms with Crippen molar-refractivity contribution < 1.29 is 4.79 Å². The molecular formula is C15H33N3O. The Balaban J connectivity index is 3.27. The van der Waals surface area contributed by atoms with Crippen LogP contribution in [-0.4, -0.2) is 50.1 Å². The topological polar surface area (TPSA) is 44.4 Å². The van der Waals surface area contributed by atoms with Crippen LogP contribution in [0.2, 0.25) is 0 Å². The maximum atomic E-state index is 11.5. The zero-order valence-electron chi connectivity index (χ0n) is 13.1. The lowest BCUT2D eigenvalue weighted by Crippen LogP contribution is -2.36. The number of carbonyl (C=O) groups excluding carboxylic acids is 1. The molecule has 4 heteroatoms. The Morgan fingerprint density at radius 3 is 2.32 bits per heavy atom. The summed E-state index contributed by atoms with van der Waals surface area (Å²) >= 11 is 0. The lowest BCUT2D eigenvalue weighted by atomic mass is 10.1. The average Bonchev–Trinajstić information content (AvgIpc) is 2.43. The summed E-state index contributed by atoms with van der Waals surface area (Å²) in [6.07, 6.45) is 5.33. The van der Waals surface area contributed by atoms with Crippen LogP contribution in [0.5, 0.6) is 0 Å². The van der Waals surface area contributed by atoms with Crippen molar-refractivity contribution in [2.45, 2.75) is 52.9 Å². The van der Waals surface area contributed by atoms with Crippen LogP contribution in [-0.2, 0) is 4.79 Å². The normalized spacial score (nSPS) is 10.9. The van der Waals surface area contributed by atoms with E-state index in [2.05, 4.69) is 36.3 Å². The number of hydrogen-bond donors (Lipinski definition) is 2. The van der Waals surface area contributed by atoms with Crippen molar-refractivity contribution in [2.24, 2.45) is 0 Å². The molecule has 0 spiro atoms. The lowest BCUT2D eigenvalue weighted by molar-refractivity contribution is -0.121. The van der Waals surface area contributed by atoms with E-state index in [9.17, 15) is 4.79 Å². The molecule has 2 N–H and O–H groups in total. The summed E-state index contributed by atoms with van der Waals surface area (Å²) in [4.78, 5) is 13.9. The zero-order chi connectivity index (χ0) is 14.3. The Morgan fingerprint density at radius 2 is 1.68 bits per heavy atom. The maximum absolute atomic E-state index is 11.5. The van der Waals surface area contributed by atoms with Gasteiger partial charge in [0.05, 0.1) is 0 Å². The number of rotatable bonds is 13. The van der Waals surface area contributed by atoms with E-state index in [0.29, 0.717) is 6.42 Å². The van der Waals surface area contributed by atoms with Crippen molar-refractivity contribution in [2.75, 3.05) is 39.3 Å². The predicted octanol–water partition coefficient (Wildman–Crippen LogP) is 2.00. The standard InChI is InChI=1S/C15H33N3O/c1-4-7-8-9-10-15(19)17-12-11-16-13-14-18(5-2)6-3/h16H,4-14H2,1-3H3,(H,17,19). The molecule has 0 aliphatic rings. The van der Waals surface area contributed by atoms with Gasteiger partial charge in [0, 0.05) is 32.6 Å². The Labute approximate surface area is 119 Å². The van der Waals surface area contributed by atoms with Gasteiger partial charge >= 0.3 is 0 Å². The maximum Gasteiger partial charge on any atom is 0.220 e. The number of nitrogens with one attached hydrogen (secondary N) is 2. The Bertz CT molecular complexity index is 206. The Hall–Kier alpha value is -0.610. The first-order valence-electron chi connectivity index (χ1n) is 7.94. The highest BCUT2D eigenvalue weighted by atomic mass is 16.1. The van der Waals surface area contributed by atoms with Crippen LogP contribution in [0.1, 0.15) is 52.9 Å². The number of nitrogens with zero attached hydrogens (tertiary/aromatic N) is 1. The summed E-state index contributed by atoms with van der Waals surface area (Å²) < 4.78 is 0. The fourth-order valence-corrected chi connectivity index (χ4v) is 1.99. The minimum absolute atomic E-state index is 0.196. The summed E-state index contributed by atoms with van der Waals surface area (Å²) in [5.41, 5.74) is 0. The van der Waals surface area contributed by atoms with Crippen LogP contribution >= 0.6 is 0 Å². The summed E-state index contributed by atoms with van der Waals surface area (Å²) in [7, 11) is 0. The summed E-state index contributed by atoms with van der Waals surface area (Å²) in [6.45, 7) is 12.4. The van der Waals surface area contributed by atoms with Gasteiger partial charge in [0.25, 0.3) is 0 Å². The van der Waals surface area contributed by atoms with Crippen molar-refractivity contribution in [1.29, 1.82) is 0 Å². The van der Waals surface area contributed by atoms with E-state index in [4.69, 9.17) is 0 Å². The highest BCUT2D eigenvalue weighted by Gasteiger charge is 2.00. The van der Waals surface area contributed by atoms with Crippen molar-refractivity contribution in [3.05, 3.63) is 0 Å². The lowest BCUT2D eigenvalue weighted by Gasteiger charge is -2.18. The van der Waals surface area contributed by atoms with E-state index >= 15 is 0 Å². The van der Waals surface area contributed by atoms with Crippen LogP contribution in [0.4, 0.5) is 0 Å². The van der Waals surface area contributed by atoms with Crippen LogP contribution in [0, 0.1) is 0 Å². The first-order valence-corrected chi connectivity index (χ1v) is 7.94. The number of carbonyl (C=O) groups is 1. The third-order valence-electron chi connectivity index (χ3n) is 3.38. The van der Waals surface area contributed by atoms with Crippen molar-refractivity contribution >= 4 is 5.91 Å². The molecule has 114 valence electrons. The highest BCUT2D eigenvalue weighted by molar-refractivity contribution is 5.75. The van der Waals surface area contributed by atoms with Gasteiger partial charge < -0.3 is 15.5 Å². The minimum Gasteiger partial charge on any atom is -0.355 e. The largest absolute Gasteiger partial charge is 0.355 e. The van der Waals surface area contributed by atoms with Crippen molar-refractivity contribution in [3.8, 4) is 0 Å². The quantitative estimate of drug-likeness (QED) is 0.504. The molecule has 0 aromatic rings. The van der Waals surface area contributed by atoms with Gasteiger partial charge in [-0.25, -0.2) is 0 Å². The van der Waals surface area contributed by atoms with E-state index in [1.165, 1.54) is 19.3 Å². The molecule has 19 heavy (non-hydrogen) atoms. The van der Waals surface area contributed by atoms with Crippen LogP contribution in [0.15, 0.2) is 0 Å². The third-order valence-corrected chi connectivity index (χ3v) is 3.38. The number of likely N-dealkylation sites (N-methyl/N-ethyl adjacent to an activating group) is 1. The molecule has 0 unspecified atom stereocenters. The fraction of sp³-hybridized carbons (Fsp3) is 0.933. The second kappa shape index (κ2) is 13.8. The molecule has 0 radical (unpaired) electrons. The van der Waals surface area contributed by atoms with Gasteiger partial charge in [0.2, 0.25) is 5.91 Å². The van der Waals surface area contributed by atoms with Gasteiger partial charge in [-0.3, -0.25) is 4.79 Å². The van der Waals surface area contributed by atoms with Gasteiger partial charge in [-0.05, 0) is 19.5 Å². The molecule has 0 rings (SSSR count). The van der Waals surface area contributed by atoms with E-state index in [1.54, 1.807) is 0 Å². The first-order chi connectivity index (χ1) is 9.24. The van der Waals surface area contributed by atoms with Crippen LogP contribution < -0.4 is 10.6 Å². The molecule has 0 aromatic heterocycles. The van der Waals surface area contributed by atoms with Gasteiger partial charge in [0.15, 0.2) is 0 Å². The van der Waals surface area contributed by atoms with E-state index in [-0.39, 0.29) is 5.91 Å². The second-order valence-corrected chi connectivity index (χ2v) is 4.94. The highest BCUT2D eigenvalue weighted by Crippen LogP contribution is 2.01. The molecule has 0 heterocycles. The summed E-state index contributed by atoms with van der Waals surface area (Å²) in [5, 5.41) is 6.32.